The molecule has 2 aromatic rings. The van der Waals surface area contributed by atoms with Gasteiger partial charge in [-0.15, -0.1) is 0 Å². The van der Waals surface area contributed by atoms with Gasteiger partial charge in [0.2, 0.25) is 0 Å². The van der Waals surface area contributed by atoms with E-state index in [4.69, 9.17) is 4.74 Å². The van der Waals surface area contributed by atoms with Gasteiger partial charge in [-0.25, -0.2) is 4.98 Å². The van der Waals surface area contributed by atoms with Crippen LogP contribution in [0.15, 0.2) is 22.9 Å². The van der Waals surface area contributed by atoms with Gasteiger partial charge in [-0.1, -0.05) is 0 Å². The van der Waals surface area contributed by atoms with Gasteiger partial charge in [0.15, 0.2) is 5.75 Å². The zero-order chi connectivity index (χ0) is 8.55. The maximum Gasteiger partial charge on any atom is 0.152 e. The number of ether oxygens (including phenoxy) is 1. The lowest BCUT2D eigenvalue weighted by Crippen LogP contribution is -1.87. The fourth-order valence-electron chi connectivity index (χ4n) is 1.08. The number of pyridine rings is 1. The highest BCUT2D eigenvalue weighted by molar-refractivity contribution is 9.10. The molecule has 0 saturated carbocycles. The van der Waals surface area contributed by atoms with Gasteiger partial charge < -0.3 is 9.72 Å². The molecule has 0 radical (unpaired) electrons. The molecule has 0 aliphatic rings. The Balaban J connectivity index is 2.73. The second-order valence-corrected chi connectivity index (χ2v) is 3.15. The summed E-state index contributed by atoms with van der Waals surface area (Å²) in [5, 5.41) is 1.05. The fourth-order valence-corrected chi connectivity index (χ4v) is 1.54. The van der Waals surface area contributed by atoms with Crippen molar-refractivity contribution in [3.05, 3.63) is 22.9 Å². The Bertz CT molecular complexity index is 410. The lowest BCUT2D eigenvalue weighted by Gasteiger charge is -2.00. The minimum absolute atomic E-state index is 0.722. The molecule has 3 nitrogen and oxygen atoms in total. The monoisotopic (exact) mass is 226 g/mol. The van der Waals surface area contributed by atoms with Gasteiger partial charge in [0.1, 0.15) is 10.3 Å². The molecular weight excluding hydrogens is 220 g/mol. The van der Waals surface area contributed by atoms with Crippen LogP contribution in [0.5, 0.6) is 5.75 Å². The van der Waals surface area contributed by atoms with Crippen molar-refractivity contribution in [1.82, 2.24) is 9.97 Å². The van der Waals surface area contributed by atoms with Crippen molar-refractivity contribution < 1.29 is 4.74 Å². The number of methoxy groups -OCH3 is 1. The highest BCUT2D eigenvalue weighted by atomic mass is 79.9. The largest absolute Gasteiger partial charge is 0.494 e. The molecule has 2 heterocycles. The van der Waals surface area contributed by atoms with E-state index in [1.807, 2.05) is 18.3 Å². The first-order valence-corrected chi connectivity index (χ1v) is 4.28. The first-order valence-electron chi connectivity index (χ1n) is 3.49. The third-order valence-corrected chi connectivity index (χ3v) is 2.24. The highest BCUT2D eigenvalue weighted by Crippen LogP contribution is 2.26. The van der Waals surface area contributed by atoms with Crippen LogP contribution in [0, 0.1) is 0 Å². The maximum atomic E-state index is 5.10. The van der Waals surface area contributed by atoms with Crippen molar-refractivity contribution in [2.75, 3.05) is 7.11 Å². The number of rotatable bonds is 1. The summed E-state index contributed by atoms with van der Waals surface area (Å²) < 4.78 is 5.82. The summed E-state index contributed by atoms with van der Waals surface area (Å²) >= 11 is 3.31. The van der Waals surface area contributed by atoms with E-state index in [0.29, 0.717) is 0 Å². The van der Waals surface area contributed by atoms with E-state index in [-0.39, 0.29) is 0 Å². The van der Waals surface area contributed by atoms with E-state index in [9.17, 15) is 0 Å². The predicted octanol–water partition coefficient (Wildman–Crippen LogP) is 2.33. The Morgan fingerprint density at radius 1 is 1.58 bits per heavy atom. The lowest BCUT2D eigenvalue weighted by molar-refractivity contribution is 0.410. The molecule has 0 spiro atoms. The van der Waals surface area contributed by atoms with Crippen LogP contribution in [0.1, 0.15) is 0 Å². The van der Waals surface area contributed by atoms with Crippen LogP contribution < -0.4 is 4.74 Å². The second-order valence-electron chi connectivity index (χ2n) is 2.40. The molecule has 0 amide bonds. The topological polar surface area (TPSA) is 37.9 Å². The number of halogens is 1. The number of fused-ring (bicyclic) bond motifs is 1. The number of nitrogens with zero attached hydrogens (tertiary/aromatic N) is 1. The molecule has 0 aromatic carbocycles. The van der Waals surface area contributed by atoms with E-state index in [1.165, 1.54) is 0 Å². The minimum Gasteiger partial charge on any atom is -0.494 e. The number of nitrogens with one attached hydrogen (secondary N) is 1. The molecule has 0 saturated heterocycles. The van der Waals surface area contributed by atoms with Gasteiger partial charge in [0, 0.05) is 11.6 Å². The van der Waals surface area contributed by atoms with E-state index < -0.39 is 0 Å². The smallest absolute Gasteiger partial charge is 0.152 e. The Labute approximate surface area is 77.9 Å². The third kappa shape index (κ3) is 1.08. The molecule has 2 aromatic heterocycles. The highest BCUT2D eigenvalue weighted by Gasteiger charge is 2.03. The van der Waals surface area contributed by atoms with Crippen LogP contribution in [0.4, 0.5) is 0 Å². The van der Waals surface area contributed by atoms with E-state index in [1.54, 1.807) is 7.11 Å². The SMILES string of the molecule is COc1cc2cc[nH]c2nc1Br. The molecule has 4 heteroatoms. The molecule has 0 atom stereocenters. The van der Waals surface area contributed by atoms with Crippen LogP contribution in [0.25, 0.3) is 11.0 Å². The van der Waals surface area contributed by atoms with Crippen LogP contribution in [-0.4, -0.2) is 17.1 Å². The molecular formula is C8H7BrN2O. The Morgan fingerprint density at radius 3 is 3.17 bits per heavy atom. The molecule has 1 N–H and O–H groups in total. The van der Waals surface area contributed by atoms with Gasteiger partial charge in [-0.3, -0.25) is 0 Å². The van der Waals surface area contributed by atoms with E-state index in [0.717, 1.165) is 21.4 Å². The summed E-state index contributed by atoms with van der Waals surface area (Å²) in [6, 6.07) is 3.89. The number of H-pyrrole nitrogens is 1. The molecule has 0 aliphatic heterocycles. The van der Waals surface area contributed by atoms with Gasteiger partial charge in [0.05, 0.1) is 7.11 Å². The average molecular weight is 227 g/mol. The molecule has 0 fully saturated rings. The Morgan fingerprint density at radius 2 is 2.42 bits per heavy atom. The average Bonchev–Trinajstić information content (AvgIpc) is 2.49. The number of aromatic amines is 1. The van der Waals surface area contributed by atoms with Crippen molar-refractivity contribution in [3.63, 3.8) is 0 Å². The number of hydrogen-bond acceptors (Lipinski definition) is 2. The predicted molar refractivity (Wildman–Crippen MR) is 50.3 cm³/mol. The summed E-state index contributed by atoms with van der Waals surface area (Å²) in [6.45, 7) is 0. The van der Waals surface area contributed by atoms with E-state index >= 15 is 0 Å². The van der Waals surface area contributed by atoms with Crippen molar-refractivity contribution in [3.8, 4) is 5.75 Å². The second kappa shape index (κ2) is 2.79. The van der Waals surface area contributed by atoms with Crippen LogP contribution in [-0.2, 0) is 0 Å². The van der Waals surface area contributed by atoms with Gasteiger partial charge in [-0.05, 0) is 28.1 Å². The normalized spacial score (nSPS) is 10.5. The van der Waals surface area contributed by atoms with Crippen LogP contribution >= 0.6 is 15.9 Å². The summed E-state index contributed by atoms with van der Waals surface area (Å²) in [6.07, 6.45) is 1.85. The summed E-state index contributed by atoms with van der Waals surface area (Å²) in [5.41, 5.74) is 0.864. The molecule has 0 unspecified atom stereocenters. The fraction of sp³-hybridized carbons (Fsp3) is 0.125. The van der Waals surface area contributed by atoms with Crippen molar-refractivity contribution in [2.45, 2.75) is 0 Å². The molecule has 62 valence electrons. The number of hydrogen-bond donors (Lipinski definition) is 1. The van der Waals surface area contributed by atoms with Crippen molar-refractivity contribution in [1.29, 1.82) is 0 Å². The van der Waals surface area contributed by atoms with Crippen LogP contribution in [0.3, 0.4) is 0 Å². The molecule has 12 heavy (non-hydrogen) atoms. The maximum absolute atomic E-state index is 5.10. The standard InChI is InChI=1S/C8H7BrN2O/c1-12-6-4-5-2-3-10-8(5)11-7(6)9/h2-4H,1H3,(H,10,11). The number of aromatic nitrogens is 2. The molecule has 2 rings (SSSR count). The Hall–Kier alpha value is -1.03. The van der Waals surface area contributed by atoms with Crippen molar-refractivity contribution >= 4 is 27.0 Å². The lowest BCUT2D eigenvalue weighted by atomic mass is 10.3. The zero-order valence-corrected chi connectivity index (χ0v) is 8.05. The van der Waals surface area contributed by atoms with Crippen LogP contribution in [0.2, 0.25) is 0 Å². The van der Waals surface area contributed by atoms with Gasteiger partial charge in [-0.2, -0.15) is 0 Å². The Kier molecular flexibility index (Phi) is 1.77. The summed E-state index contributed by atoms with van der Waals surface area (Å²) in [4.78, 5) is 7.26. The summed E-state index contributed by atoms with van der Waals surface area (Å²) in [5.74, 6) is 0.752. The first kappa shape index (κ1) is 7.61. The summed E-state index contributed by atoms with van der Waals surface area (Å²) in [7, 11) is 1.63. The molecule has 0 aliphatic carbocycles. The van der Waals surface area contributed by atoms with E-state index in [2.05, 4.69) is 25.9 Å². The minimum atomic E-state index is 0.722. The van der Waals surface area contributed by atoms with Gasteiger partial charge >= 0.3 is 0 Å². The quantitative estimate of drug-likeness (QED) is 0.759. The first-order chi connectivity index (χ1) is 5.81. The zero-order valence-electron chi connectivity index (χ0n) is 6.47. The van der Waals surface area contributed by atoms with Crippen molar-refractivity contribution in [2.24, 2.45) is 0 Å². The van der Waals surface area contributed by atoms with Gasteiger partial charge in [0.25, 0.3) is 0 Å². The third-order valence-electron chi connectivity index (χ3n) is 1.68. The molecule has 0 bridgehead atoms.